The molecule has 0 saturated carbocycles. The van der Waals surface area contributed by atoms with Gasteiger partial charge in [0.2, 0.25) is 0 Å². The van der Waals surface area contributed by atoms with Gasteiger partial charge in [0.1, 0.15) is 5.82 Å². The van der Waals surface area contributed by atoms with Crippen LogP contribution in [0.4, 0.5) is 4.39 Å². The Morgan fingerprint density at radius 1 is 1.06 bits per heavy atom. The lowest BCUT2D eigenvalue weighted by molar-refractivity contribution is 0.571. The minimum absolute atomic E-state index is 0.182. The molecule has 0 unspecified atom stereocenters. The number of hydrogen-bond acceptors (Lipinski definition) is 1. The lowest BCUT2D eigenvalue weighted by atomic mass is 10.1. The maximum absolute atomic E-state index is 12.8. The van der Waals surface area contributed by atoms with Crippen LogP contribution in [0.25, 0.3) is 0 Å². The number of benzene rings is 2. The van der Waals surface area contributed by atoms with E-state index in [4.69, 9.17) is 11.6 Å². The highest BCUT2D eigenvalue weighted by molar-refractivity contribution is 6.30. The Morgan fingerprint density at radius 2 is 1.67 bits per heavy atom. The van der Waals surface area contributed by atoms with E-state index in [-0.39, 0.29) is 11.9 Å². The standard InChI is InChI=1S/C15H15ClFN/c1-11(13-4-8-15(17)9-5-13)18-10-12-2-6-14(16)7-3-12/h2-9,11,18H,10H2,1H3/t11-/m0/s1. The first-order valence-electron chi connectivity index (χ1n) is 5.88. The fourth-order valence-electron chi connectivity index (χ4n) is 1.74. The molecule has 0 fully saturated rings. The third kappa shape index (κ3) is 3.56. The van der Waals surface area contributed by atoms with E-state index >= 15 is 0 Å². The fourth-order valence-corrected chi connectivity index (χ4v) is 1.87. The van der Waals surface area contributed by atoms with Gasteiger partial charge in [0, 0.05) is 17.6 Å². The molecule has 0 amide bonds. The van der Waals surface area contributed by atoms with Crippen molar-refractivity contribution in [2.24, 2.45) is 0 Å². The second-order valence-electron chi connectivity index (χ2n) is 4.28. The average molecular weight is 264 g/mol. The normalized spacial score (nSPS) is 12.4. The summed E-state index contributed by atoms with van der Waals surface area (Å²) in [6.45, 7) is 2.82. The minimum Gasteiger partial charge on any atom is -0.306 e. The largest absolute Gasteiger partial charge is 0.306 e. The number of nitrogens with one attached hydrogen (secondary N) is 1. The topological polar surface area (TPSA) is 12.0 Å². The first-order chi connectivity index (χ1) is 8.65. The Bertz CT molecular complexity index is 493. The molecule has 18 heavy (non-hydrogen) atoms. The molecule has 3 heteroatoms. The lowest BCUT2D eigenvalue weighted by Gasteiger charge is -2.14. The smallest absolute Gasteiger partial charge is 0.123 e. The first kappa shape index (κ1) is 13.1. The summed E-state index contributed by atoms with van der Waals surface area (Å²) in [6.07, 6.45) is 0. The van der Waals surface area contributed by atoms with E-state index in [9.17, 15) is 4.39 Å². The van der Waals surface area contributed by atoms with Gasteiger partial charge in [0.25, 0.3) is 0 Å². The van der Waals surface area contributed by atoms with Gasteiger partial charge < -0.3 is 5.32 Å². The van der Waals surface area contributed by atoms with Crippen LogP contribution in [-0.4, -0.2) is 0 Å². The van der Waals surface area contributed by atoms with E-state index in [0.717, 1.165) is 17.1 Å². The molecular weight excluding hydrogens is 249 g/mol. The molecule has 0 saturated heterocycles. The second-order valence-corrected chi connectivity index (χ2v) is 4.72. The number of halogens is 2. The Labute approximate surface area is 112 Å². The monoisotopic (exact) mass is 263 g/mol. The minimum atomic E-state index is -0.205. The molecule has 0 aliphatic heterocycles. The quantitative estimate of drug-likeness (QED) is 0.866. The highest BCUT2D eigenvalue weighted by Gasteiger charge is 2.04. The SMILES string of the molecule is C[C@H](NCc1ccc(Cl)cc1)c1ccc(F)cc1. The van der Waals surface area contributed by atoms with Gasteiger partial charge in [0.15, 0.2) is 0 Å². The molecule has 0 aromatic heterocycles. The summed E-state index contributed by atoms with van der Waals surface area (Å²) < 4.78 is 12.8. The van der Waals surface area contributed by atoms with Gasteiger partial charge in [-0.2, -0.15) is 0 Å². The van der Waals surface area contributed by atoms with E-state index in [1.54, 1.807) is 12.1 Å². The number of hydrogen-bond donors (Lipinski definition) is 1. The van der Waals surface area contributed by atoms with Crippen molar-refractivity contribution in [1.82, 2.24) is 5.32 Å². The fraction of sp³-hybridized carbons (Fsp3) is 0.200. The summed E-state index contributed by atoms with van der Waals surface area (Å²) >= 11 is 5.83. The van der Waals surface area contributed by atoms with Crippen molar-refractivity contribution in [3.05, 3.63) is 70.5 Å². The van der Waals surface area contributed by atoms with Crippen molar-refractivity contribution in [2.75, 3.05) is 0 Å². The molecular formula is C15H15ClFN. The van der Waals surface area contributed by atoms with Crippen LogP contribution in [0.1, 0.15) is 24.1 Å². The third-order valence-corrected chi connectivity index (χ3v) is 3.15. The average Bonchev–Trinajstić information content (AvgIpc) is 2.38. The van der Waals surface area contributed by atoms with Crippen molar-refractivity contribution in [3.8, 4) is 0 Å². The molecule has 0 aliphatic carbocycles. The Hall–Kier alpha value is -1.38. The summed E-state index contributed by atoms with van der Waals surface area (Å²) in [7, 11) is 0. The predicted molar refractivity (Wildman–Crippen MR) is 73.1 cm³/mol. The maximum atomic E-state index is 12.8. The van der Waals surface area contributed by atoms with Crippen molar-refractivity contribution < 1.29 is 4.39 Å². The Kier molecular flexibility index (Phi) is 4.34. The summed E-state index contributed by atoms with van der Waals surface area (Å²) in [4.78, 5) is 0. The van der Waals surface area contributed by atoms with Crippen LogP contribution in [0.5, 0.6) is 0 Å². The van der Waals surface area contributed by atoms with E-state index in [1.165, 1.54) is 17.7 Å². The molecule has 2 aromatic carbocycles. The molecule has 1 nitrogen and oxygen atoms in total. The van der Waals surface area contributed by atoms with Crippen LogP contribution >= 0.6 is 11.6 Å². The first-order valence-corrected chi connectivity index (χ1v) is 6.26. The van der Waals surface area contributed by atoms with Gasteiger partial charge in [-0.25, -0.2) is 4.39 Å². The van der Waals surface area contributed by atoms with Gasteiger partial charge in [-0.05, 0) is 42.3 Å². The van der Waals surface area contributed by atoms with E-state index in [2.05, 4.69) is 12.2 Å². The van der Waals surface area contributed by atoms with Crippen molar-refractivity contribution in [1.29, 1.82) is 0 Å². The van der Waals surface area contributed by atoms with Gasteiger partial charge in [0.05, 0.1) is 0 Å². The highest BCUT2D eigenvalue weighted by Crippen LogP contribution is 2.14. The Balaban J connectivity index is 1.93. The summed E-state index contributed by atoms with van der Waals surface area (Å²) in [6, 6.07) is 14.5. The molecule has 0 spiro atoms. The van der Waals surface area contributed by atoms with Crippen LogP contribution in [-0.2, 0) is 6.54 Å². The van der Waals surface area contributed by atoms with E-state index in [0.29, 0.717) is 0 Å². The zero-order chi connectivity index (χ0) is 13.0. The Morgan fingerprint density at radius 3 is 2.28 bits per heavy atom. The molecule has 2 rings (SSSR count). The van der Waals surface area contributed by atoms with Crippen LogP contribution < -0.4 is 5.32 Å². The van der Waals surface area contributed by atoms with Gasteiger partial charge in [-0.3, -0.25) is 0 Å². The van der Waals surface area contributed by atoms with Crippen LogP contribution in [0, 0.1) is 5.82 Å². The molecule has 0 heterocycles. The molecule has 0 bridgehead atoms. The second kappa shape index (κ2) is 5.98. The van der Waals surface area contributed by atoms with Crippen LogP contribution in [0.2, 0.25) is 5.02 Å². The summed E-state index contributed by atoms with van der Waals surface area (Å²) in [5.41, 5.74) is 2.25. The molecule has 1 N–H and O–H groups in total. The van der Waals surface area contributed by atoms with Crippen LogP contribution in [0.15, 0.2) is 48.5 Å². The third-order valence-electron chi connectivity index (χ3n) is 2.90. The zero-order valence-corrected chi connectivity index (χ0v) is 10.9. The summed E-state index contributed by atoms with van der Waals surface area (Å²) in [5.74, 6) is -0.205. The highest BCUT2D eigenvalue weighted by atomic mass is 35.5. The van der Waals surface area contributed by atoms with E-state index < -0.39 is 0 Å². The summed E-state index contributed by atoms with van der Waals surface area (Å²) in [5, 5.41) is 4.13. The van der Waals surface area contributed by atoms with Gasteiger partial charge >= 0.3 is 0 Å². The predicted octanol–water partition coefficient (Wildman–Crippen LogP) is 4.33. The van der Waals surface area contributed by atoms with Crippen molar-refractivity contribution in [3.63, 3.8) is 0 Å². The van der Waals surface area contributed by atoms with Gasteiger partial charge in [-0.1, -0.05) is 35.9 Å². The van der Waals surface area contributed by atoms with Crippen LogP contribution in [0.3, 0.4) is 0 Å². The lowest BCUT2D eigenvalue weighted by Crippen LogP contribution is -2.17. The van der Waals surface area contributed by atoms with Gasteiger partial charge in [-0.15, -0.1) is 0 Å². The zero-order valence-electron chi connectivity index (χ0n) is 10.2. The molecule has 0 radical (unpaired) electrons. The van der Waals surface area contributed by atoms with Crippen molar-refractivity contribution in [2.45, 2.75) is 19.5 Å². The maximum Gasteiger partial charge on any atom is 0.123 e. The van der Waals surface area contributed by atoms with E-state index in [1.807, 2.05) is 24.3 Å². The van der Waals surface area contributed by atoms with Crippen molar-refractivity contribution >= 4 is 11.6 Å². The molecule has 0 aliphatic rings. The molecule has 2 aromatic rings. The molecule has 1 atom stereocenters. The molecule has 94 valence electrons. The number of rotatable bonds is 4.